The molecule has 1 amide bonds. The van der Waals surface area contributed by atoms with Crippen LogP contribution in [0.3, 0.4) is 0 Å². The minimum absolute atomic E-state index is 0.0649. The van der Waals surface area contributed by atoms with Crippen LogP contribution in [0.25, 0.3) is 0 Å². The molecule has 1 atom stereocenters. The lowest BCUT2D eigenvalue weighted by atomic mass is 10.1. The first-order valence-electron chi connectivity index (χ1n) is 5.84. The van der Waals surface area contributed by atoms with Gasteiger partial charge in [-0.1, -0.05) is 0 Å². The van der Waals surface area contributed by atoms with Crippen molar-refractivity contribution in [2.45, 2.75) is 13.0 Å². The average Bonchev–Trinajstić information content (AvgIpc) is 2.83. The van der Waals surface area contributed by atoms with Gasteiger partial charge < -0.3 is 14.6 Å². The highest BCUT2D eigenvalue weighted by Crippen LogP contribution is 2.16. The fraction of sp³-hybridized carbons (Fsp3) is 0.417. The molecule has 1 aliphatic rings. The maximum absolute atomic E-state index is 12.0. The van der Waals surface area contributed by atoms with Gasteiger partial charge >= 0.3 is 5.97 Å². The number of hydrogen-bond acceptors (Lipinski definition) is 3. The van der Waals surface area contributed by atoms with Gasteiger partial charge in [-0.15, -0.1) is 0 Å². The molecular weight excluding hydrogens is 316 g/mol. The quantitative estimate of drug-likeness (QED) is 0.878. The first-order chi connectivity index (χ1) is 8.97. The van der Waals surface area contributed by atoms with E-state index >= 15 is 0 Å². The fourth-order valence-corrected chi connectivity index (χ4v) is 2.44. The molecule has 2 heterocycles. The summed E-state index contributed by atoms with van der Waals surface area (Å²) in [6.07, 6.45) is 2.01. The predicted molar refractivity (Wildman–Crippen MR) is 70.7 cm³/mol. The largest absolute Gasteiger partial charge is 0.481 e. The number of likely N-dealkylation sites (tertiary alicyclic amines) is 1. The van der Waals surface area contributed by atoms with Crippen LogP contribution >= 0.6 is 15.9 Å². The first-order valence-corrected chi connectivity index (χ1v) is 6.63. The summed E-state index contributed by atoms with van der Waals surface area (Å²) in [6, 6.07) is 2.99. The Kier molecular flexibility index (Phi) is 4.04. The van der Waals surface area contributed by atoms with Gasteiger partial charge in [0.25, 0.3) is 5.56 Å². The molecule has 0 radical (unpaired) electrons. The molecule has 0 bridgehead atoms. The van der Waals surface area contributed by atoms with Crippen molar-refractivity contribution in [2.75, 3.05) is 13.1 Å². The Balaban J connectivity index is 2.04. The first kappa shape index (κ1) is 13.8. The topological polar surface area (TPSA) is 79.6 Å². The van der Waals surface area contributed by atoms with Crippen molar-refractivity contribution in [3.05, 3.63) is 33.2 Å². The van der Waals surface area contributed by atoms with Crippen molar-refractivity contribution in [3.63, 3.8) is 0 Å². The van der Waals surface area contributed by atoms with Gasteiger partial charge in [0.15, 0.2) is 0 Å². The molecule has 0 aromatic carbocycles. The lowest BCUT2D eigenvalue weighted by molar-refractivity contribution is -0.141. The number of carbonyl (C=O) groups excluding carboxylic acids is 1. The van der Waals surface area contributed by atoms with Crippen molar-refractivity contribution in [1.82, 2.24) is 9.47 Å². The number of pyridine rings is 1. The summed E-state index contributed by atoms with van der Waals surface area (Å²) in [6.45, 7) is 0.583. The van der Waals surface area contributed by atoms with Crippen molar-refractivity contribution < 1.29 is 14.7 Å². The lowest BCUT2D eigenvalue weighted by Crippen LogP contribution is -2.35. The van der Waals surface area contributed by atoms with Crippen LogP contribution in [-0.4, -0.2) is 39.5 Å². The third kappa shape index (κ3) is 3.23. The van der Waals surface area contributed by atoms with Crippen LogP contribution < -0.4 is 5.56 Å². The number of aromatic nitrogens is 1. The molecule has 6 nitrogen and oxygen atoms in total. The Labute approximate surface area is 117 Å². The normalized spacial score (nSPS) is 18.6. The number of carboxylic acid groups (broad SMARTS) is 1. The molecule has 0 unspecified atom stereocenters. The Morgan fingerprint density at radius 1 is 1.42 bits per heavy atom. The second kappa shape index (κ2) is 5.56. The maximum Gasteiger partial charge on any atom is 0.308 e. The van der Waals surface area contributed by atoms with E-state index in [0.29, 0.717) is 17.4 Å². The molecule has 1 aromatic heterocycles. The maximum atomic E-state index is 12.0. The Morgan fingerprint density at radius 2 is 2.16 bits per heavy atom. The van der Waals surface area contributed by atoms with Crippen LogP contribution in [0.1, 0.15) is 6.42 Å². The van der Waals surface area contributed by atoms with E-state index in [0.717, 1.165) is 0 Å². The molecule has 102 valence electrons. The summed E-state index contributed by atoms with van der Waals surface area (Å²) in [4.78, 5) is 35.9. The standard InChI is InChI=1S/C12H13BrN2O4/c13-9-1-2-10(16)15(6-9)7-11(17)14-4-3-8(5-14)12(18)19/h1-2,6,8H,3-5,7H2,(H,18,19)/t8-/m1/s1. The van der Waals surface area contributed by atoms with Gasteiger partial charge in [-0.05, 0) is 28.4 Å². The van der Waals surface area contributed by atoms with E-state index in [2.05, 4.69) is 15.9 Å². The summed E-state index contributed by atoms with van der Waals surface area (Å²) in [5.74, 6) is -1.61. The molecule has 0 spiro atoms. The second-order valence-electron chi connectivity index (χ2n) is 4.48. The number of halogens is 1. The number of aliphatic carboxylic acids is 1. The Bertz CT molecular complexity index is 569. The molecule has 0 saturated carbocycles. The van der Waals surface area contributed by atoms with E-state index in [-0.39, 0.29) is 24.6 Å². The molecule has 1 saturated heterocycles. The molecule has 7 heteroatoms. The molecular formula is C12H13BrN2O4. The Morgan fingerprint density at radius 3 is 2.79 bits per heavy atom. The highest BCUT2D eigenvalue weighted by Gasteiger charge is 2.30. The molecule has 0 aliphatic carbocycles. The minimum Gasteiger partial charge on any atom is -0.481 e. The fourth-order valence-electron chi connectivity index (χ4n) is 2.06. The van der Waals surface area contributed by atoms with Crippen molar-refractivity contribution in [1.29, 1.82) is 0 Å². The number of amides is 1. The molecule has 1 aliphatic heterocycles. The number of carboxylic acids is 1. The molecule has 1 aromatic rings. The van der Waals surface area contributed by atoms with E-state index in [9.17, 15) is 14.4 Å². The summed E-state index contributed by atoms with van der Waals surface area (Å²) in [5, 5.41) is 8.88. The van der Waals surface area contributed by atoms with Crippen LogP contribution in [0.15, 0.2) is 27.6 Å². The van der Waals surface area contributed by atoms with Gasteiger partial charge in [-0.25, -0.2) is 0 Å². The van der Waals surface area contributed by atoms with E-state index in [4.69, 9.17) is 5.11 Å². The van der Waals surface area contributed by atoms with E-state index < -0.39 is 11.9 Å². The highest BCUT2D eigenvalue weighted by molar-refractivity contribution is 9.10. The summed E-state index contributed by atoms with van der Waals surface area (Å²) < 4.78 is 2.02. The lowest BCUT2D eigenvalue weighted by Gasteiger charge is -2.16. The van der Waals surface area contributed by atoms with Gasteiger partial charge in [0, 0.05) is 29.8 Å². The van der Waals surface area contributed by atoms with Crippen molar-refractivity contribution in [3.8, 4) is 0 Å². The number of hydrogen-bond donors (Lipinski definition) is 1. The zero-order chi connectivity index (χ0) is 14.0. The average molecular weight is 329 g/mol. The Hall–Kier alpha value is -1.63. The van der Waals surface area contributed by atoms with Crippen LogP contribution in [0.5, 0.6) is 0 Å². The van der Waals surface area contributed by atoms with Crippen molar-refractivity contribution >= 4 is 27.8 Å². The van der Waals surface area contributed by atoms with Gasteiger partial charge in [-0.2, -0.15) is 0 Å². The van der Waals surface area contributed by atoms with Gasteiger partial charge in [0.2, 0.25) is 5.91 Å². The van der Waals surface area contributed by atoms with Gasteiger partial charge in [0.1, 0.15) is 6.54 Å². The van der Waals surface area contributed by atoms with Crippen LogP contribution in [-0.2, 0) is 16.1 Å². The number of rotatable bonds is 3. The molecule has 1 fully saturated rings. The zero-order valence-corrected chi connectivity index (χ0v) is 11.7. The van der Waals surface area contributed by atoms with Crippen LogP contribution in [0.2, 0.25) is 0 Å². The highest BCUT2D eigenvalue weighted by atomic mass is 79.9. The summed E-state index contributed by atoms with van der Waals surface area (Å²) in [7, 11) is 0. The molecule has 19 heavy (non-hydrogen) atoms. The van der Waals surface area contributed by atoms with Gasteiger partial charge in [0.05, 0.1) is 5.92 Å². The van der Waals surface area contributed by atoms with E-state index in [1.807, 2.05) is 0 Å². The second-order valence-corrected chi connectivity index (χ2v) is 5.39. The van der Waals surface area contributed by atoms with E-state index in [1.165, 1.54) is 15.5 Å². The van der Waals surface area contributed by atoms with Crippen LogP contribution in [0, 0.1) is 5.92 Å². The van der Waals surface area contributed by atoms with Gasteiger partial charge in [-0.3, -0.25) is 14.4 Å². The van der Waals surface area contributed by atoms with E-state index in [1.54, 1.807) is 12.3 Å². The smallest absolute Gasteiger partial charge is 0.308 e. The number of carbonyl (C=O) groups is 2. The molecule has 2 rings (SSSR count). The third-order valence-corrected chi connectivity index (χ3v) is 3.61. The SMILES string of the molecule is O=C(O)[C@@H]1CCN(C(=O)Cn2cc(Br)ccc2=O)C1. The zero-order valence-electron chi connectivity index (χ0n) is 10.1. The van der Waals surface area contributed by atoms with Crippen LogP contribution in [0.4, 0.5) is 0 Å². The monoisotopic (exact) mass is 328 g/mol. The predicted octanol–water partition coefficient (Wildman–Crippen LogP) is 0.544. The minimum atomic E-state index is -0.880. The third-order valence-electron chi connectivity index (χ3n) is 3.14. The molecule has 1 N–H and O–H groups in total. The van der Waals surface area contributed by atoms with Crippen molar-refractivity contribution in [2.24, 2.45) is 5.92 Å². The number of nitrogens with zero attached hydrogens (tertiary/aromatic N) is 2. The summed E-state index contributed by atoms with van der Waals surface area (Å²) >= 11 is 3.24. The summed E-state index contributed by atoms with van der Waals surface area (Å²) in [5.41, 5.74) is -0.259.